The van der Waals surface area contributed by atoms with E-state index >= 15 is 0 Å². The summed E-state index contributed by atoms with van der Waals surface area (Å²) in [5, 5.41) is 8.82. The molecule has 266 valence electrons. The molecule has 0 aromatic rings. The summed E-state index contributed by atoms with van der Waals surface area (Å²) in [4.78, 5) is 45.5. The number of carboxylic acids is 1. The Balaban J connectivity index is 4.42. The smallest absolute Gasteiger partial charge is 0.472 e. The average Bonchev–Trinajstić information content (AvgIpc) is 3.00. The maximum Gasteiger partial charge on any atom is 0.472 e. The summed E-state index contributed by atoms with van der Waals surface area (Å²) in [5.74, 6) is -2.38. The predicted molar refractivity (Wildman–Crippen MR) is 176 cm³/mol. The molecule has 0 aliphatic rings. The van der Waals surface area contributed by atoms with Gasteiger partial charge >= 0.3 is 25.7 Å². The standard InChI is InChI=1S/C33H64NO10P/c1-3-5-7-9-11-13-14-15-16-17-19-20-22-24-31(35)41-26-29(27-42-45(39,40)43-28-30(34)33(37)38)44-32(36)25-23-21-18-12-10-8-6-4-2/h29-30H,3-28,34H2,1-2H3,(H,37,38)(H,39,40)/t29-,30+/m0/s1. The van der Waals surface area contributed by atoms with Crippen LogP contribution in [0.2, 0.25) is 0 Å². The topological polar surface area (TPSA) is 172 Å². The Hall–Kier alpha value is -1.52. The second-order valence-electron chi connectivity index (χ2n) is 12.0. The molecule has 0 radical (unpaired) electrons. The zero-order valence-electron chi connectivity index (χ0n) is 28.2. The van der Waals surface area contributed by atoms with Gasteiger partial charge in [0.25, 0.3) is 0 Å². The minimum atomic E-state index is -4.69. The molecule has 45 heavy (non-hydrogen) atoms. The third-order valence-electron chi connectivity index (χ3n) is 7.61. The fraction of sp³-hybridized carbons (Fsp3) is 0.909. The first-order valence-electron chi connectivity index (χ1n) is 17.6. The third-order valence-corrected chi connectivity index (χ3v) is 8.56. The SMILES string of the molecule is CCCCCCCCCCCCCCCC(=O)OC[C@@H](COP(=O)(O)OC[C@@H](N)C(=O)O)OC(=O)CCCCCCCCCC. The molecule has 0 saturated heterocycles. The number of nitrogens with two attached hydrogens (primary N) is 1. The van der Waals surface area contributed by atoms with Gasteiger partial charge in [0, 0.05) is 12.8 Å². The average molecular weight is 666 g/mol. The molecule has 11 nitrogen and oxygen atoms in total. The van der Waals surface area contributed by atoms with Crippen LogP contribution >= 0.6 is 7.82 Å². The van der Waals surface area contributed by atoms with Crippen molar-refractivity contribution in [2.45, 2.75) is 174 Å². The van der Waals surface area contributed by atoms with E-state index in [1.807, 2.05) is 0 Å². The zero-order valence-corrected chi connectivity index (χ0v) is 29.1. The van der Waals surface area contributed by atoms with Gasteiger partial charge in [-0.2, -0.15) is 0 Å². The lowest BCUT2D eigenvalue weighted by molar-refractivity contribution is -0.161. The van der Waals surface area contributed by atoms with Crippen LogP contribution in [-0.2, 0) is 37.5 Å². The lowest BCUT2D eigenvalue weighted by Crippen LogP contribution is -2.34. The van der Waals surface area contributed by atoms with Crippen molar-refractivity contribution in [3.8, 4) is 0 Å². The number of esters is 2. The van der Waals surface area contributed by atoms with Gasteiger partial charge in [-0.25, -0.2) is 4.57 Å². The minimum Gasteiger partial charge on any atom is -0.480 e. The molecule has 0 aromatic carbocycles. The van der Waals surface area contributed by atoms with Crippen LogP contribution in [0.5, 0.6) is 0 Å². The van der Waals surface area contributed by atoms with Crippen LogP contribution in [-0.4, -0.2) is 59.9 Å². The van der Waals surface area contributed by atoms with Crippen LogP contribution < -0.4 is 5.73 Å². The van der Waals surface area contributed by atoms with Crippen molar-refractivity contribution in [2.24, 2.45) is 5.73 Å². The van der Waals surface area contributed by atoms with Gasteiger partial charge in [-0.1, -0.05) is 136 Å². The fourth-order valence-electron chi connectivity index (χ4n) is 4.77. The van der Waals surface area contributed by atoms with Crippen molar-refractivity contribution in [2.75, 3.05) is 19.8 Å². The van der Waals surface area contributed by atoms with E-state index in [1.54, 1.807) is 0 Å². The number of hydrogen-bond acceptors (Lipinski definition) is 9. The van der Waals surface area contributed by atoms with E-state index in [2.05, 4.69) is 18.4 Å². The van der Waals surface area contributed by atoms with Crippen molar-refractivity contribution in [3.05, 3.63) is 0 Å². The summed E-state index contributed by atoms with van der Waals surface area (Å²) < 4.78 is 32.4. The van der Waals surface area contributed by atoms with E-state index in [9.17, 15) is 23.8 Å². The summed E-state index contributed by atoms with van der Waals surface area (Å²) in [6.07, 6.45) is 23.4. The van der Waals surface area contributed by atoms with E-state index in [0.717, 1.165) is 38.5 Å². The number of carboxylic acid groups (broad SMARTS) is 1. The van der Waals surface area contributed by atoms with E-state index in [-0.39, 0.29) is 19.4 Å². The number of rotatable bonds is 33. The zero-order chi connectivity index (χ0) is 33.6. The summed E-state index contributed by atoms with van der Waals surface area (Å²) in [6.45, 7) is 2.74. The summed E-state index contributed by atoms with van der Waals surface area (Å²) in [7, 11) is -4.69. The predicted octanol–water partition coefficient (Wildman–Crippen LogP) is 8.00. The molecular formula is C33H64NO10P. The first-order chi connectivity index (χ1) is 21.6. The van der Waals surface area contributed by atoms with Crippen LogP contribution in [0.4, 0.5) is 0 Å². The lowest BCUT2D eigenvalue weighted by Gasteiger charge is -2.20. The highest BCUT2D eigenvalue weighted by atomic mass is 31.2. The highest BCUT2D eigenvalue weighted by Gasteiger charge is 2.28. The molecule has 0 saturated carbocycles. The molecule has 0 aromatic heterocycles. The fourth-order valence-corrected chi connectivity index (χ4v) is 5.55. The van der Waals surface area contributed by atoms with E-state index in [4.69, 9.17) is 24.8 Å². The Morgan fingerprint density at radius 2 is 0.978 bits per heavy atom. The van der Waals surface area contributed by atoms with Gasteiger partial charge in [0.15, 0.2) is 6.10 Å². The maximum atomic E-state index is 12.4. The van der Waals surface area contributed by atoms with Crippen molar-refractivity contribution in [3.63, 3.8) is 0 Å². The highest BCUT2D eigenvalue weighted by Crippen LogP contribution is 2.43. The van der Waals surface area contributed by atoms with Gasteiger partial charge in [-0.3, -0.25) is 23.4 Å². The van der Waals surface area contributed by atoms with Gasteiger partial charge < -0.3 is 25.2 Å². The van der Waals surface area contributed by atoms with E-state index < -0.39 is 51.1 Å². The Bertz CT molecular complexity index is 797. The van der Waals surface area contributed by atoms with Gasteiger partial charge in [-0.15, -0.1) is 0 Å². The second kappa shape index (κ2) is 29.9. The van der Waals surface area contributed by atoms with Crippen LogP contribution in [0.3, 0.4) is 0 Å². The Kier molecular flexibility index (Phi) is 28.8. The van der Waals surface area contributed by atoms with Crippen LogP contribution in [0, 0.1) is 0 Å². The van der Waals surface area contributed by atoms with Gasteiger partial charge in [0.1, 0.15) is 12.6 Å². The molecule has 0 heterocycles. The number of hydrogen-bond donors (Lipinski definition) is 3. The molecular weight excluding hydrogens is 601 g/mol. The highest BCUT2D eigenvalue weighted by molar-refractivity contribution is 7.47. The molecule has 1 unspecified atom stereocenters. The monoisotopic (exact) mass is 665 g/mol. The largest absolute Gasteiger partial charge is 0.480 e. The molecule has 0 fully saturated rings. The molecule has 0 aliphatic carbocycles. The van der Waals surface area contributed by atoms with Crippen LogP contribution in [0.25, 0.3) is 0 Å². The number of aliphatic carboxylic acids is 1. The summed E-state index contributed by atoms with van der Waals surface area (Å²) >= 11 is 0. The lowest BCUT2D eigenvalue weighted by atomic mass is 10.0. The first kappa shape index (κ1) is 43.5. The minimum absolute atomic E-state index is 0.166. The Labute approximate surface area is 272 Å². The van der Waals surface area contributed by atoms with E-state index in [0.29, 0.717) is 12.8 Å². The number of unbranched alkanes of at least 4 members (excludes halogenated alkanes) is 19. The summed E-state index contributed by atoms with van der Waals surface area (Å²) in [5.41, 5.74) is 5.29. The quantitative estimate of drug-likeness (QED) is 0.0352. The number of phosphoric ester groups is 1. The molecule has 0 rings (SSSR count). The van der Waals surface area contributed by atoms with Gasteiger partial charge in [0.05, 0.1) is 13.2 Å². The van der Waals surface area contributed by atoms with Crippen molar-refractivity contribution < 1.29 is 47.5 Å². The van der Waals surface area contributed by atoms with Crippen molar-refractivity contribution in [1.29, 1.82) is 0 Å². The first-order valence-corrected chi connectivity index (χ1v) is 19.1. The van der Waals surface area contributed by atoms with Crippen LogP contribution in [0.1, 0.15) is 162 Å². The number of phosphoric acid groups is 1. The van der Waals surface area contributed by atoms with Crippen molar-refractivity contribution in [1.82, 2.24) is 0 Å². The van der Waals surface area contributed by atoms with Gasteiger partial charge in [-0.05, 0) is 12.8 Å². The normalized spacial score (nSPS) is 14.0. The molecule has 0 amide bonds. The number of ether oxygens (including phenoxy) is 2. The molecule has 0 bridgehead atoms. The number of carbonyl (C=O) groups is 3. The number of carbonyl (C=O) groups excluding carboxylic acids is 2. The van der Waals surface area contributed by atoms with Gasteiger partial charge in [0.2, 0.25) is 0 Å². The molecule has 12 heteroatoms. The summed E-state index contributed by atoms with van der Waals surface area (Å²) in [6, 6.07) is -1.51. The Morgan fingerprint density at radius 1 is 0.600 bits per heavy atom. The van der Waals surface area contributed by atoms with Crippen molar-refractivity contribution >= 4 is 25.7 Å². The van der Waals surface area contributed by atoms with E-state index in [1.165, 1.54) is 83.5 Å². The maximum absolute atomic E-state index is 12.4. The molecule has 3 atom stereocenters. The Morgan fingerprint density at radius 3 is 1.40 bits per heavy atom. The third kappa shape index (κ3) is 29.6. The second-order valence-corrected chi connectivity index (χ2v) is 13.5. The van der Waals surface area contributed by atoms with Crippen LogP contribution in [0.15, 0.2) is 0 Å². The molecule has 0 spiro atoms. The molecule has 0 aliphatic heterocycles. The molecule has 4 N–H and O–H groups in total.